The smallest absolute Gasteiger partial charge is 0.416 e. The van der Waals surface area contributed by atoms with E-state index in [4.69, 9.17) is 32.7 Å². The molecule has 0 saturated carbocycles. The Morgan fingerprint density at radius 1 is 1.08 bits per heavy atom. The number of hydrogen-bond acceptors (Lipinski definition) is 4. The Bertz CT molecular complexity index is 796. The lowest BCUT2D eigenvalue weighted by Crippen LogP contribution is -2.05. The van der Waals surface area contributed by atoms with Crippen molar-refractivity contribution in [1.29, 1.82) is 0 Å². The molecule has 0 aliphatic heterocycles. The zero-order valence-electron chi connectivity index (χ0n) is 13.1. The van der Waals surface area contributed by atoms with Crippen molar-refractivity contribution in [2.75, 3.05) is 19.6 Å². The van der Waals surface area contributed by atoms with Crippen molar-refractivity contribution in [3.63, 3.8) is 0 Å². The molecule has 2 rings (SSSR count). The van der Waals surface area contributed by atoms with Crippen LogP contribution in [0, 0.1) is 0 Å². The summed E-state index contributed by atoms with van der Waals surface area (Å²) in [6, 6.07) is 6.17. The molecule has 9 heteroatoms. The van der Waals surface area contributed by atoms with Crippen molar-refractivity contribution in [3.8, 4) is 11.5 Å². The minimum Gasteiger partial charge on any atom is -0.494 e. The van der Waals surface area contributed by atoms with Gasteiger partial charge in [0, 0.05) is 5.56 Å². The van der Waals surface area contributed by atoms with Gasteiger partial charge in [0.25, 0.3) is 0 Å². The zero-order chi connectivity index (χ0) is 18.6. The number of nitrogens with one attached hydrogen (secondary N) is 1. The molecule has 0 radical (unpaired) electrons. The van der Waals surface area contributed by atoms with Crippen LogP contribution in [0.15, 0.2) is 35.4 Å². The van der Waals surface area contributed by atoms with E-state index in [9.17, 15) is 13.2 Å². The average Bonchev–Trinajstić information content (AvgIpc) is 2.55. The maximum absolute atomic E-state index is 12.7. The Labute approximate surface area is 152 Å². The van der Waals surface area contributed by atoms with E-state index >= 15 is 0 Å². The van der Waals surface area contributed by atoms with Crippen LogP contribution in [0.4, 0.5) is 18.9 Å². The van der Waals surface area contributed by atoms with Crippen molar-refractivity contribution in [3.05, 3.63) is 51.5 Å². The van der Waals surface area contributed by atoms with Crippen LogP contribution in [-0.4, -0.2) is 20.4 Å². The van der Waals surface area contributed by atoms with Gasteiger partial charge in [-0.15, -0.1) is 0 Å². The number of benzene rings is 2. The number of rotatable bonds is 5. The molecule has 4 nitrogen and oxygen atoms in total. The molecule has 0 amide bonds. The lowest BCUT2D eigenvalue weighted by Gasteiger charge is -2.12. The maximum atomic E-state index is 12.7. The monoisotopic (exact) mass is 392 g/mol. The fourth-order valence-electron chi connectivity index (χ4n) is 2.03. The van der Waals surface area contributed by atoms with Crippen molar-refractivity contribution in [2.45, 2.75) is 6.18 Å². The number of nitrogens with zero attached hydrogens (tertiary/aromatic N) is 1. The highest BCUT2D eigenvalue weighted by Crippen LogP contribution is 2.41. The molecule has 134 valence electrons. The molecule has 0 spiro atoms. The van der Waals surface area contributed by atoms with E-state index in [1.54, 1.807) is 0 Å². The first-order valence-electron chi connectivity index (χ1n) is 6.84. The first-order valence-corrected chi connectivity index (χ1v) is 7.59. The second-order valence-corrected chi connectivity index (χ2v) is 5.56. The van der Waals surface area contributed by atoms with Crippen LogP contribution in [0.25, 0.3) is 0 Å². The summed E-state index contributed by atoms with van der Waals surface area (Å²) in [5.41, 5.74) is 2.35. The van der Waals surface area contributed by atoms with E-state index in [0.717, 1.165) is 12.1 Å². The van der Waals surface area contributed by atoms with Crippen molar-refractivity contribution >= 4 is 35.1 Å². The van der Waals surface area contributed by atoms with Gasteiger partial charge in [-0.3, -0.25) is 5.43 Å². The fourth-order valence-corrected chi connectivity index (χ4v) is 2.74. The Morgan fingerprint density at radius 2 is 1.76 bits per heavy atom. The van der Waals surface area contributed by atoms with Crippen LogP contribution >= 0.6 is 23.2 Å². The van der Waals surface area contributed by atoms with Crippen LogP contribution in [0.5, 0.6) is 11.5 Å². The Balaban J connectivity index is 2.26. The summed E-state index contributed by atoms with van der Waals surface area (Å²) in [4.78, 5) is 0. The van der Waals surface area contributed by atoms with Gasteiger partial charge in [-0.2, -0.15) is 18.3 Å². The van der Waals surface area contributed by atoms with E-state index in [2.05, 4.69) is 10.5 Å². The van der Waals surface area contributed by atoms with E-state index in [0.29, 0.717) is 5.56 Å². The number of halogens is 5. The summed E-state index contributed by atoms with van der Waals surface area (Å²) in [5.74, 6) is 0.528. The standard InChI is InChI=1S/C16H13Cl2F3N2O2/c1-24-14-9(6-12(17)15(25-2)13(14)18)8-22-23-11-5-3-4-10(7-11)16(19,20)21/h3-8,23H,1-2H3. The molecular weight excluding hydrogens is 380 g/mol. The van der Waals surface area contributed by atoms with Gasteiger partial charge < -0.3 is 9.47 Å². The molecule has 0 aromatic heterocycles. The predicted octanol–water partition coefficient (Wildman–Crippen LogP) is 5.48. The molecule has 2 aromatic rings. The van der Waals surface area contributed by atoms with E-state index in [1.165, 1.54) is 38.6 Å². The van der Waals surface area contributed by atoms with Gasteiger partial charge in [0.05, 0.1) is 36.7 Å². The molecule has 25 heavy (non-hydrogen) atoms. The van der Waals surface area contributed by atoms with E-state index in [-0.39, 0.29) is 27.2 Å². The lowest BCUT2D eigenvalue weighted by atomic mass is 10.2. The normalized spacial score (nSPS) is 11.6. The average molecular weight is 393 g/mol. The molecule has 0 saturated heterocycles. The van der Waals surface area contributed by atoms with Gasteiger partial charge in [0.2, 0.25) is 0 Å². The number of alkyl halides is 3. The second kappa shape index (κ2) is 7.84. The summed E-state index contributed by atoms with van der Waals surface area (Å²) in [5, 5.41) is 4.31. The van der Waals surface area contributed by atoms with Crippen LogP contribution in [0.2, 0.25) is 10.0 Å². The lowest BCUT2D eigenvalue weighted by molar-refractivity contribution is -0.137. The van der Waals surface area contributed by atoms with Gasteiger partial charge in [0.1, 0.15) is 10.8 Å². The molecule has 0 heterocycles. The summed E-state index contributed by atoms with van der Waals surface area (Å²) in [6.07, 6.45) is -3.10. The second-order valence-electron chi connectivity index (χ2n) is 4.78. The third-order valence-corrected chi connectivity index (χ3v) is 3.78. The third-order valence-electron chi connectivity index (χ3n) is 3.16. The summed E-state index contributed by atoms with van der Waals surface area (Å²) in [6.45, 7) is 0. The van der Waals surface area contributed by atoms with Crippen LogP contribution in [0.1, 0.15) is 11.1 Å². The van der Waals surface area contributed by atoms with Gasteiger partial charge in [-0.25, -0.2) is 0 Å². The van der Waals surface area contributed by atoms with E-state index < -0.39 is 11.7 Å². The van der Waals surface area contributed by atoms with Crippen LogP contribution in [0.3, 0.4) is 0 Å². The predicted molar refractivity (Wildman–Crippen MR) is 92.2 cm³/mol. The van der Waals surface area contributed by atoms with Gasteiger partial charge in [-0.1, -0.05) is 29.3 Å². The highest BCUT2D eigenvalue weighted by Gasteiger charge is 2.30. The molecule has 2 aromatic carbocycles. The first-order chi connectivity index (χ1) is 11.8. The zero-order valence-corrected chi connectivity index (χ0v) is 14.6. The minimum absolute atomic E-state index is 0.165. The summed E-state index contributed by atoms with van der Waals surface area (Å²) in [7, 11) is 2.82. The number of anilines is 1. The van der Waals surface area contributed by atoms with Gasteiger partial charge >= 0.3 is 6.18 Å². The quantitative estimate of drug-likeness (QED) is 0.541. The van der Waals surface area contributed by atoms with Crippen molar-refractivity contribution in [2.24, 2.45) is 5.10 Å². The Kier molecular flexibility index (Phi) is 6.02. The topological polar surface area (TPSA) is 42.8 Å². The molecule has 0 aliphatic carbocycles. The number of methoxy groups -OCH3 is 2. The largest absolute Gasteiger partial charge is 0.494 e. The van der Waals surface area contributed by atoms with Crippen molar-refractivity contribution in [1.82, 2.24) is 0 Å². The van der Waals surface area contributed by atoms with Crippen LogP contribution < -0.4 is 14.9 Å². The number of hydrazone groups is 1. The van der Waals surface area contributed by atoms with Crippen LogP contribution in [-0.2, 0) is 6.18 Å². The minimum atomic E-state index is -4.43. The van der Waals surface area contributed by atoms with Crippen molar-refractivity contribution < 1.29 is 22.6 Å². The summed E-state index contributed by atoms with van der Waals surface area (Å²) < 4.78 is 48.4. The highest BCUT2D eigenvalue weighted by molar-refractivity contribution is 6.38. The number of hydrogen-bond donors (Lipinski definition) is 1. The third kappa shape index (κ3) is 4.49. The van der Waals surface area contributed by atoms with Gasteiger partial charge in [0.15, 0.2) is 5.75 Å². The molecule has 1 N–H and O–H groups in total. The molecular formula is C16H13Cl2F3N2O2. The summed E-state index contributed by atoms with van der Waals surface area (Å²) >= 11 is 12.2. The Morgan fingerprint density at radius 3 is 2.36 bits per heavy atom. The van der Waals surface area contributed by atoms with E-state index in [1.807, 2.05) is 0 Å². The maximum Gasteiger partial charge on any atom is 0.416 e. The molecule has 0 aliphatic rings. The van der Waals surface area contributed by atoms with Gasteiger partial charge in [-0.05, 0) is 24.3 Å². The fraction of sp³-hybridized carbons (Fsp3) is 0.188. The molecule has 0 atom stereocenters. The molecule has 0 bridgehead atoms. The Hall–Kier alpha value is -2.12. The molecule has 0 fully saturated rings. The SMILES string of the molecule is COc1c(Cl)cc(C=NNc2cccc(C(F)(F)F)c2)c(OC)c1Cl. The highest BCUT2D eigenvalue weighted by atomic mass is 35.5. The first kappa shape index (κ1) is 19.2. The molecule has 0 unspecified atom stereocenters. The number of ether oxygens (including phenoxy) is 2.